The number of hydrogen-bond donors (Lipinski definition) is 2. The van der Waals surface area contributed by atoms with Crippen LogP contribution >= 0.6 is 11.6 Å². The van der Waals surface area contributed by atoms with Crippen molar-refractivity contribution in [3.63, 3.8) is 0 Å². The van der Waals surface area contributed by atoms with Gasteiger partial charge in [0.05, 0.1) is 5.52 Å². The monoisotopic (exact) mass is 300 g/mol. The number of carbonyl (C=O) groups is 1. The van der Waals surface area contributed by atoms with E-state index >= 15 is 0 Å². The lowest BCUT2D eigenvalue weighted by Gasteiger charge is -2.07. The van der Waals surface area contributed by atoms with Crippen LogP contribution in [-0.4, -0.2) is 20.9 Å². The normalized spacial score (nSPS) is 10.7. The number of hydrogen-bond acceptors (Lipinski definition) is 4. The average molecular weight is 301 g/mol. The van der Waals surface area contributed by atoms with Crippen LogP contribution in [0.5, 0.6) is 5.75 Å². The summed E-state index contributed by atoms with van der Waals surface area (Å²) >= 11 is 5.84. The summed E-state index contributed by atoms with van der Waals surface area (Å²) in [4.78, 5) is 30.8. The maximum absolute atomic E-state index is 12.4. The molecule has 2 aromatic heterocycles. The van der Waals surface area contributed by atoms with Gasteiger partial charge in [-0.25, -0.2) is 0 Å². The predicted octanol–water partition coefficient (Wildman–Crippen LogP) is 2.51. The minimum absolute atomic E-state index is 0.228. The molecule has 0 radical (unpaired) electrons. The Kier molecular flexibility index (Phi) is 3.19. The molecule has 1 aromatic carbocycles. The van der Waals surface area contributed by atoms with Crippen LogP contribution in [0.1, 0.15) is 15.9 Å². The number of benzene rings is 1. The summed E-state index contributed by atoms with van der Waals surface area (Å²) in [7, 11) is 0. The van der Waals surface area contributed by atoms with Crippen LogP contribution < -0.4 is 5.56 Å². The fourth-order valence-corrected chi connectivity index (χ4v) is 2.28. The highest BCUT2D eigenvalue weighted by Crippen LogP contribution is 2.28. The maximum Gasteiger partial charge on any atom is 0.263 e. The number of fused-ring (bicyclic) bond motifs is 1. The molecule has 0 bridgehead atoms. The van der Waals surface area contributed by atoms with Crippen LogP contribution in [0.3, 0.4) is 0 Å². The van der Waals surface area contributed by atoms with Gasteiger partial charge in [0.15, 0.2) is 0 Å². The number of aromatic amines is 1. The van der Waals surface area contributed by atoms with Gasteiger partial charge in [-0.05, 0) is 30.3 Å². The summed E-state index contributed by atoms with van der Waals surface area (Å²) < 4.78 is 0. The minimum Gasteiger partial charge on any atom is -0.506 e. The highest BCUT2D eigenvalue weighted by molar-refractivity contribution is 6.31. The van der Waals surface area contributed by atoms with Crippen molar-refractivity contribution in [3.05, 3.63) is 69.2 Å². The average Bonchev–Trinajstić information content (AvgIpc) is 2.47. The highest BCUT2D eigenvalue weighted by atomic mass is 35.5. The zero-order valence-electron chi connectivity index (χ0n) is 10.6. The third kappa shape index (κ3) is 2.28. The van der Waals surface area contributed by atoms with E-state index in [0.29, 0.717) is 15.9 Å². The molecule has 2 N–H and O–H groups in total. The molecular formula is C15H9ClN2O3. The third-order valence-corrected chi connectivity index (χ3v) is 3.33. The number of ketones is 1. The zero-order valence-corrected chi connectivity index (χ0v) is 11.4. The molecule has 3 rings (SSSR count). The number of aromatic nitrogens is 2. The predicted molar refractivity (Wildman–Crippen MR) is 78.9 cm³/mol. The molecular weight excluding hydrogens is 292 g/mol. The summed E-state index contributed by atoms with van der Waals surface area (Å²) in [5.41, 5.74) is -0.381. The van der Waals surface area contributed by atoms with Crippen LogP contribution in [-0.2, 0) is 0 Å². The Bertz CT molecular complexity index is 904. The Morgan fingerprint density at radius 2 is 2.10 bits per heavy atom. The van der Waals surface area contributed by atoms with Gasteiger partial charge in [0.1, 0.15) is 11.3 Å². The number of nitrogens with one attached hydrogen (secondary N) is 1. The van der Waals surface area contributed by atoms with E-state index in [-0.39, 0.29) is 16.9 Å². The molecule has 2 heterocycles. The quantitative estimate of drug-likeness (QED) is 0.712. The number of H-pyrrole nitrogens is 1. The van der Waals surface area contributed by atoms with Crippen molar-refractivity contribution in [1.82, 2.24) is 9.97 Å². The standard InChI is InChI=1S/C15H9ClN2O3/c16-9-3-4-10-11(6-9)18-15(21)12(14(10)20)13(19)8-2-1-5-17-7-8/h1-7H,(H2,18,20,21). The second-order valence-corrected chi connectivity index (χ2v) is 4.87. The first-order chi connectivity index (χ1) is 10.1. The number of nitrogens with zero attached hydrogens (tertiary/aromatic N) is 1. The van der Waals surface area contributed by atoms with Crippen molar-refractivity contribution in [2.75, 3.05) is 0 Å². The van der Waals surface area contributed by atoms with E-state index in [1.165, 1.54) is 24.5 Å². The topological polar surface area (TPSA) is 83.0 Å². The van der Waals surface area contributed by atoms with Crippen LogP contribution in [0.4, 0.5) is 0 Å². The van der Waals surface area contributed by atoms with Crippen molar-refractivity contribution in [1.29, 1.82) is 0 Å². The smallest absolute Gasteiger partial charge is 0.263 e. The molecule has 21 heavy (non-hydrogen) atoms. The van der Waals surface area contributed by atoms with Gasteiger partial charge in [-0.15, -0.1) is 0 Å². The molecule has 6 heteroatoms. The molecule has 0 saturated heterocycles. The molecule has 3 aromatic rings. The fourth-order valence-electron chi connectivity index (χ4n) is 2.11. The number of pyridine rings is 2. The Balaban J connectivity index is 2.27. The number of aromatic hydroxyl groups is 1. The van der Waals surface area contributed by atoms with Crippen LogP contribution in [0.25, 0.3) is 10.9 Å². The first kappa shape index (κ1) is 13.3. The molecule has 0 aliphatic heterocycles. The minimum atomic E-state index is -0.670. The first-order valence-corrected chi connectivity index (χ1v) is 6.45. The number of halogens is 1. The van der Waals surface area contributed by atoms with Gasteiger partial charge in [-0.1, -0.05) is 11.6 Å². The lowest BCUT2D eigenvalue weighted by molar-refractivity contribution is 0.103. The lowest BCUT2D eigenvalue weighted by Crippen LogP contribution is -2.19. The van der Waals surface area contributed by atoms with Gasteiger partial charge < -0.3 is 10.1 Å². The highest BCUT2D eigenvalue weighted by Gasteiger charge is 2.20. The maximum atomic E-state index is 12.4. The van der Waals surface area contributed by atoms with Crippen LogP contribution in [0.2, 0.25) is 5.02 Å². The summed E-state index contributed by atoms with van der Waals surface area (Å²) in [6.07, 6.45) is 2.86. The van der Waals surface area contributed by atoms with Gasteiger partial charge in [-0.2, -0.15) is 0 Å². The molecule has 104 valence electrons. The molecule has 5 nitrogen and oxygen atoms in total. The van der Waals surface area contributed by atoms with Gasteiger partial charge in [0, 0.05) is 28.4 Å². The molecule has 0 saturated carbocycles. The lowest BCUT2D eigenvalue weighted by atomic mass is 10.0. The summed E-state index contributed by atoms with van der Waals surface area (Å²) in [6.45, 7) is 0. The van der Waals surface area contributed by atoms with Crippen molar-refractivity contribution in [2.24, 2.45) is 0 Å². The molecule has 0 unspecified atom stereocenters. The third-order valence-electron chi connectivity index (χ3n) is 3.10. The molecule has 0 aliphatic rings. The van der Waals surface area contributed by atoms with E-state index in [1.807, 2.05) is 0 Å². The SMILES string of the molecule is O=C(c1cccnc1)c1c(O)c2ccc(Cl)cc2[nH]c1=O. The fraction of sp³-hybridized carbons (Fsp3) is 0. The molecule has 0 fully saturated rings. The molecule has 0 spiro atoms. The van der Waals surface area contributed by atoms with Gasteiger partial charge in [-0.3, -0.25) is 14.6 Å². The van der Waals surface area contributed by atoms with E-state index < -0.39 is 11.3 Å². The first-order valence-electron chi connectivity index (χ1n) is 6.07. The summed E-state index contributed by atoms with van der Waals surface area (Å²) in [5.74, 6) is -0.946. The van der Waals surface area contributed by atoms with Gasteiger partial charge in [0.2, 0.25) is 5.78 Å². The van der Waals surface area contributed by atoms with E-state index in [9.17, 15) is 14.7 Å². The Hall–Kier alpha value is -2.66. The Morgan fingerprint density at radius 1 is 1.29 bits per heavy atom. The van der Waals surface area contributed by atoms with Gasteiger partial charge >= 0.3 is 0 Å². The Labute approximate surface area is 123 Å². The van der Waals surface area contributed by atoms with Crippen LogP contribution in [0, 0.1) is 0 Å². The van der Waals surface area contributed by atoms with Crippen molar-refractivity contribution >= 4 is 28.3 Å². The number of rotatable bonds is 2. The van der Waals surface area contributed by atoms with E-state index in [1.54, 1.807) is 18.2 Å². The molecule has 0 amide bonds. The molecule has 0 aliphatic carbocycles. The Morgan fingerprint density at radius 3 is 2.81 bits per heavy atom. The van der Waals surface area contributed by atoms with Gasteiger partial charge in [0.25, 0.3) is 5.56 Å². The van der Waals surface area contributed by atoms with E-state index in [2.05, 4.69) is 9.97 Å². The summed E-state index contributed by atoms with van der Waals surface area (Å²) in [6, 6.07) is 7.74. The van der Waals surface area contributed by atoms with E-state index in [4.69, 9.17) is 11.6 Å². The largest absolute Gasteiger partial charge is 0.506 e. The van der Waals surface area contributed by atoms with E-state index in [0.717, 1.165) is 0 Å². The summed E-state index contributed by atoms with van der Waals surface area (Å²) in [5, 5.41) is 11.0. The van der Waals surface area contributed by atoms with Crippen molar-refractivity contribution in [2.45, 2.75) is 0 Å². The second-order valence-electron chi connectivity index (χ2n) is 4.44. The number of carbonyl (C=O) groups excluding carboxylic acids is 1. The zero-order chi connectivity index (χ0) is 15.0. The molecule has 0 atom stereocenters. The van der Waals surface area contributed by atoms with Crippen molar-refractivity contribution < 1.29 is 9.90 Å². The van der Waals surface area contributed by atoms with Crippen LogP contribution in [0.15, 0.2) is 47.5 Å². The second kappa shape index (κ2) is 5.03. The van der Waals surface area contributed by atoms with Crippen molar-refractivity contribution in [3.8, 4) is 5.75 Å².